The molecule has 0 aromatic heterocycles. The van der Waals surface area contributed by atoms with Gasteiger partial charge in [-0.05, 0) is 26.3 Å². The number of hydrogen-bond donors (Lipinski definition) is 1. The minimum Gasteiger partial charge on any atom is -0.487 e. The highest BCUT2D eigenvalue weighted by Gasteiger charge is 2.31. The minimum atomic E-state index is -0.0803. The van der Waals surface area contributed by atoms with Crippen molar-refractivity contribution in [1.82, 2.24) is 5.32 Å². The molecule has 0 saturated carbocycles. The summed E-state index contributed by atoms with van der Waals surface area (Å²) >= 11 is 0. The minimum absolute atomic E-state index is 0.0803. The lowest BCUT2D eigenvalue weighted by Gasteiger charge is -2.18. The maximum atomic E-state index is 6.05. The zero-order chi connectivity index (χ0) is 14.6. The maximum Gasteiger partial charge on any atom is 0.127 e. The van der Waals surface area contributed by atoms with Crippen LogP contribution in [0.1, 0.15) is 31.9 Å². The Morgan fingerprint density at radius 2 is 2.25 bits per heavy atom. The summed E-state index contributed by atoms with van der Waals surface area (Å²) in [5.74, 6) is 1.06. The number of rotatable bonds is 7. The molecule has 3 heteroatoms. The second kappa shape index (κ2) is 6.42. The lowest BCUT2D eigenvalue weighted by Crippen LogP contribution is -2.25. The summed E-state index contributed by atoms with van der Waals surface area (Å²) < 4.78 is 11.5. The Kier molecular flexibility index (Phi) is 4.84. The van der Waals surface area contributed by atoms with Crippen LogP contribution in [0.5, 0.6) is 5.75 Å². The Morgan fingerprint density at radius 3 is 3.00 bits per heavy atom. The molecule has 1 aromatic rings. The fourth-order valence-corrected chi connectivity index (χ4v) is 2.43. The molecule has 20 heavy (non-hydrogen) atoms. The van der Waals surface area contributed by atoms with Gasteiger partial charge >= 0.3 is 0 Å². The van der Waals surface area contributed by atoms with Crippen LogP contribution in [0.25, 0.3) is 0 Å². The van der Waals surface area contributed by atoms with Gasteiger partial charge in [-0.1, -0.05) is 30.4 Å². The van der Waals surface area contributed by atoms with Crippen LogP contribution in [0.4, 0.5) is 0 Å². The van der Waals surface area contributed by atoms with Crippen molar-refractivity contribution >= 4 is 0 Å². The van der Waals surface area contributed by atoms with Crippen molar-refractivity contribution in [1.29, 1.82) is 0 Å². The van der Waals surface area contributed by atoms with E-state index in [2.05, 4.69) is 43.9 Å². The van der Waals surface area contributed by atoms with Crippen LogP contribution >= 0.6 is 0 Å². The Bertz CT molecular complexity index is 480. The fourth-order valence-electron chi connectivity index (χ4n) is 2.43. The predicted octanol–water partition coefficient (Wildman–Crippen LogP) is 3.08. The van der Waals surface area contributed by atoms with Gasteiger partial charge in [0, 0.05) is 25.1 Å². The Morgan fingerprint density at radius 1 is 1.45 bits per heavy atom. The average molecular weight is 275 g/mol. The molecule has 0 saturated heterocycles. The molecule has 1 aliphatic rings. The predicted molar refractivity (Wildman–Crippen MR) is 82.2 cm³/mol. The Hall–Kier alpha value is -1.32. The number of para-hydroxylation sites is 1. The molecule has 0 atom stereocenters. The first-order chi connectivity index (χ1) is 9.48. The third kappa shape index (κ3) is 4.09. The third-order valence-electron chi connectivity index (χ3n) is 3.26. The van der Waals surface area contributed by atoms with E-state index in [9.17, 15) is 0 Å². The summed E-state index contributed by atoms with van der Waals surface area (Å²) in [4.78, 5) is 0. The van der Waals surface area contributed by atoms with E-state index in [-0.39, 0.29) is 5.60 Å². The fraction of sp³-hybridized carbons (Fsp3) is 0.529. The van der Waals surface area contributed by atoms with Crippen molar-refractivity contribution in [3.8, 4) is 5.75 Å². The van der Waals surface area contributed by atoms with Crippen molar-refractivity contribution in [3.63, 3.8) is 0 Å². The third-order valence-corrected chi connectivity index (χ3v) is 3.26. The number of benzene rings is 1. The van der Waals surface area contributed by atoms with Crippen molar-refractivity contribution in [2.75, 3.05) is 19.8 Å². The number of hydrogen-bond acceptors (Lipinski definition) is 3. The molecule has 0 aliphatic carbocycles. The number of ether oxygens (including phenoxy) is 2. The molecule has 1 aromatic carbocycles. The lowest BCUT2D eigenvalue weighted by atomic mass is 10.0. The van der Waals surface area contributed by atoms with E-state index in [1.54, 1.807) is 0 Å². The van der Waals surface area contributed by atoms with Gasteiger partial charge in [0.15, 0.2) is 0 Å². The molecule has 0 radical (unpaired) electrons. The second-order valence-corrected chi connectivity index (χ2v) is 6.13. The zero-order valence-corrected chi connectivity index (χ0v) is 12.8. The standard InChI is InChI=1S/C17H25NO2/c1-13(2)12-19-9-8-18-11-15-7-5-6-14-10-17(3,4)20-16(14)15/h5-7,18H,1,8-12H2,2-4H3. The Labute approximate surface area is 122 Å². The van der Waals surface area contributed by atoms with Crippen molar-refractivity contribution in [2.45, 2.75) is 39.3 Å². The summed E-state index contributed by atoms with van der Waals surface area (Å²) in [6.45, 7) is 13.0. The van der Waals surface area contributed by atoms with Gasteiger partial charge in [-0.15, -0.1) is 0 Å². The second-order valence-electron chi connectivity index (χ2n) is 6.13. The molecular weight excluding hydrogens is 250 g/mol. The SMILES string of the molecule is C=C(C)COCCNCc1cccc2c1OC(C)(C)C2. The van der Waals surface area contributed by atoms with Gasteiger partial charge in [-0.25, -0.2) is 0 Å². The van der Waals surface area contributed by atoms with Crippen LogP contribution in [0.2, 0.25) is 0 Å². The monoisotopic (exact) mass is 275 g/mol. The van der Waals surface area contributed by atoms with E-state index in [0.717, 1.165) is 30.8 Å². The van der Waals surface area contributed by atoms with Crippen molar-refractivity contribution in [2.24, 2.45) is 0 Å². The van der Waals surface area contributed by atoms with Gasteiger partial charge in [0.2, 0.25) is 0 Å². The average Bonchev–Trinajstić information content (AvgIpc) is 2.67. The van der Waals surface area contributed by atoms with E-state index in [1.165, 1.54) is 11.1 Å². The molecule has 0 spiro atoms. The largest absolute Gasteiger partial charge is 0.487 e. The topological polar surface area (TPSA) is 30.5 Å². The highest BCUT2D eigenvalue weighted by molar-refractivity contribution is 5.45. The van der Waals surface area contributed by atoms with Gasteiger partial charge in [-0.2, -0.15) is 0 Å². The number of nitrogens with one attached hydrogen (secondary N) is 1. The molecule has 1 heterocycles. The van der Waals surface area contributed by atoms with Crippen LogP contribution in [0, 0.1) is 0 Å². The first kappa shape index (κ1) is 15.1. The summed E-state index contributed by atoms with van der Waals surface area (Å²) in [7, 11) is 0. The molecule has 0 amide bonds. The first-order valence-electron chi connectivity index (χ1n) is 7.20. The van der Waals surface area contributed by atoms with E-state index in [4.69, 9.17) is 9.47 Å². The van der Waals surface area contributed by atoms with Crippen LogP contribution < -0.4 is 10.1 Å². The Balaban J connectivity index is 1.80. The van der Waals surface area contributed by atoms with Gasteiger partial charge in [0.25, 0.3) is 0 Å². The normalized spacial score (nSPS) is 15.8. The van der Waals surface area contributed by atoms with Crippen LogP contribution in [-0.4, -0.2) is 25.4 Å². The summed E-state index contributed by atoms with van der Waals surface area (Å²) in [6, 6.07) is 6.39. The van der Waals surface area contributed by atoms with Crippen LogP contribution in [0.15, 0.2) is 30.4 Å². The molecule has 0 bridgehead atoms. The molecular formula is C17H25NO2. The molecule has 1 aliphatic heterocycles. The smallest absolute Gasteiger partial charge is 0.127 e. The first-order valence-corrected chi connectivity index (χ1v) is 7.20. The highest BCUT2D eigenvalue weighted by atomic mass is 16.5. The van der Waals surface area contributed by atoms with E-state index in [0.29, 0.717) is 13.2 Å². The zero-order valence-electron chi connectivity index (χ0n) is 12.8. The quantitative estimate of drug-likeness (QED) is 0.613. The molecule has 0 fully saturated rings. The van der Waals surface area contributed by atoms with Crippen LogP contribution in [0.3, 0.4) is 0 Å². The summed E-state index contributed by atoms with van der Waals surface area (Å²) in [5.41, 5.74) is 3.52. The summed E-state index contributed by atoms with van der Waals surface area (Å²) in [6.07, 6.45) is 0.984. The van der Waals surface area contributed by atoms with Crippen LogP contribution in [-0.2, 0) is 17.7 Å². The molecule has 0 unspecified atom stereocenters. The van der Waals surface area contributed by atoms with E-state index >= 15 is 0 Å². The van der Waals surface area contributed by atoms with Gasteiger partial charge in [0.05, 0.1) is 13.2 Å². The van der Waals surface area contributed by atoms with Gasteiger partial charge in [0.1, 0.15) is 11.4 Å². The van der Waals surface area contributed by atoms with E-state index < -0.39 is 0 Å². The number of fused-ring (bicyclic) bond motifs is 1. The summed E-state index contributed by atoms with van der Waals surface area (Å²) in [5, 5.41) is 3.40. The maximum absolute atomic E-state index is 6.05. The van der Waals surface area contributed by atoms with Crippen molar-refractivity contribution in [3.05, 3.63) is 41.5 Å². The lowest BCUT2D eigenvalue weighted by molar-refractivity contribution is 0.136. The van der Waals surface area contributed by atoms with E-state index in [1.807, 2.05) is 6.92 Å². The van der Waals surface area contributed by atoms with Gasteiger partial charge < -0.3 is 14.8 Å². The molecule has 2 rings (SSSR count). The highest BCUT2D eigenvalue weighted by Crippen LogP contribution is 2.37. The molecule has 110 valence electrons. The van der Waals surface area contributed by atoms with Crippen molar-refractivity contribution < 1.29 is 9.47 Å². The van der Waals surface area contributed by atoms with Gasteiger partial charge in [-0.3, -0.25) is 0 Å². The molecule has 1 N–H and O–H groups in total. The molecule has 3 nitrogen and oxygen atoms in total.